The average molecular weight is 534 g/mol. The molecule has 4 rings (SSSR count). The van der Waals surface area contributed by atoms with Crippen LogP contribution in [-0.2, 0) is 16.1 Å². The van der Waals surface area contributed by atoms with Crippen LogP contribution in [0.5, 0.6) is 5.75 Å². The summed E-state index contributed by atoms with van der Waals surface area (Å²) >= 11 is 0. The van der Waals surface area contributed by atoms with Crippen LogP contribution in [0.4, 0.5) is 14.9 Å². The van der Waals surface area contributed by atoms with Gasteiger partial charge in [-0.3, -0.25) is 14.5 Å². The van der Waals surface area contributed by atoms with E-state index < -0.39 is 18.2 Å². The molecule has 0 aromatic heterocycles. The van der Waals surface area contributed by atoms with Crippen molar-refractivity contribution in [1.82, 2.24) is 10.2 Å². The van der Waals surface area contributed by atoms with E-state index in [1.54, 1.807) is 60.7 Å². The quantitative estimate of drug-likeness (QED) is 0.368. The second-order valence-electron chi connectivity index (χ2n) is 9.79. The van der Waals surface area contributed by atoms with Gasteiger partial charge in [0.1, 0.15) is 11.6 Å². The summed E-state index contributed by atoms with van der Waals surface area (Å²) in [5.74, 6) is -0.0467. The molecule has 0 spiro atoms. The summed E-state index contributed by atoms with van der Waals surface area (Å²) in [7, 11) is 1.53. The first-order valence-corrected chi connectivity index (χ1v) is 12.8. The molecule has 0 radical (unpaired) electrons. The van der Waals surface area contributed by atoms with Crippen LogP contribution in [0.2, 0.25) is 0 Å². The highest BCUT2D eigenvalue weighted by Gasteiger charge is 2.46. The summed E-state index contributed by atoms with van der Waals surface area (Å²) < 4.78 is 24.3. The van der Waals surface area contributed by atoms with Gasteiger partial charge in [-0.15, -0.1) is 0 Å². The number of carbonyl (C=O) groups is 3. The number of methoxy groups -OCH3 is 1. The van der Waals surface area contributed by atoms with Gasteiger partial charge in [-0.25, -0.2) is 9.18 Å². The van der Waals surface area contributed by atoms with Crippen molar-refractivity contribution >= 4 is 23.6 Å². The summed E-state index contributed by atoms with van der Waals surface area (Å²) in [6.07, 6.45) is -0.707. The van der Waals surface area contributed by atoms with Gasteiger partial charge in [-0.1, -0.05) is 44.2 Å². The van der Waals surface area contributed by atoms with E-state index in [4.69, 9.17) is 9.47 Å². The number of nitrogens with one attached hydrogen (secondary N) is 2. The summed E-state index contributed by atoms with van der Waals surface area (Å²) in [5.41, 5.74) is 2.26. The number of rotatable bonds is 10. The topological polar surface area (TPSA) is 97.0 Å². The summed E-state index contributed by atoms with van der Waals surface area (Å²) in [6.45, 7) is 4.68. The van der Waals surface area contributed by atoms with Crippen molar-refractivity contribution in [3.05, 3.63) is 95.3 Å². The first-order valence-electron chi connectivity index (χ1n) is 12.8. The van der Waals surface area contributed by atoms with Crippen molar-refractivity contribution in [2.75, 3.05) is 19.0 Å². The molecule has 1 aliphatic heterocycles. The minimum absolute atomic E-state index is 0.0898. The van der Waals surface area contributed by atoms with Crippen LogP contribution in [0.3, 0.4) is 0 Å². The molecule has 3 aromatic rings. The van der Waals surface area contributed by atoms with E-state index in [1.165, 1.54) is 24.1 Å². The number of cyclic esters (lactones) is 1. The van der Waals surface area contributed by atoms with Gasteiger partial charge >= 0.3 is 6.09 Å². The molecule has 0 aliphatic carbocycles. The van der Waals surface area contributed by atoms with E-state index in [0.717, 1.165) is 6.42 Å². The first kappa shape index (κ1) is 27.6. The van der Waals surface area contributed by atoms with Crippen LogP contribution in [0.15, 0.2) is 72.8 Å². The molecule has 2 N–H and O–H groups in total. The number of carbonyl (C=O) groups excluding carboxylic acids is 3. The molecular weight excluding hydrogens is 501 g/mol. The minimum Gasteiger partial charge on any atom is -0.497 e. The largest absolute Gasteiger partial charge is 0.497 e. The molecular formula is C30H32FN3O5. The maximum atomic E-state index is 13.4. The minimum atomic E-state index is -0.924. The van der Waals surface area contributed by atoms with Crippen molar-refractivity contribution < 1.29 is 28.2 Å². The highest BCUT2D eigenvalue weighted by atomic mass is 19.1. The van der Waals surface area contributed by atoms with Crippen molar-refractivity contribution in [1.29, 1.82) is 0 Å². The molecule has 0 bridgehead atoms. The van der Waals surface area contributed by atoms with Gasteiger partial charge in [-0.2, -0.15) is 0 Å². The van der Waals surface area contributed by atoms with Gasteiger partial charge in [0, 0.05) is 17.8 Å². The van der Waals surface area contributed by atoms with Crippen molar-refractivity contribution in [2.24, 2.45) is 5.92 Å². The molecule has 2 unspecified atom stereocenters. The smallest absolute Gasteiger partial charge is 0.411 e. The third kappa shape index (κ3) is 6.93. The highest BCUT2D eigenvalue weighted by molar-refractivity contribution is 6.04. The molecule has 0 saturated carbocycles. The van der Waals surface area contributed by atoms with Crippen LogP contribution >= 0.6 is 0 Å². The molecule has 3 aromatic carbocycles. The number of ether oxygens (including phenoxy) is 2. The Balaban J connectivity index is 1.53. The zero-order valence-electron chi connectivity index (χ0n) is 22.1. The van der Waals surface area contributed by atoms with Gasteiger partial charge in [0.25, 0.3) is 5.91 Å². The fraction of sp³-hybridized carbons (Fsp3) is 0.300. The third-order valence-electron chi connectivity index (χ3n) is 6.47. The van der Waals surface area contributed by atoms with Crippen LogP contribution in [-0.4, -0.2) is 42.5 Å². The van der Waals surface area contributed by atoms with E-state index in [9.17, 15) is 18.8 Å². The van der Waals surface area contributed by atoms with E-state index in [1.807, 2.05) is 0 Å². The zero-order chi connectivity index (χ0) is 27.9. The fourth-order valence-corrected chi connectivity index (χ4v) is 4.31. The van der Waals surface area contributed by atoms with E-state index >= 15 is 0 Å². The molecule has 2 atom stereocenters. The summed E-state index contributed by atoms with van der Waals surface area (Å²) in [5, 5.41) is 5.76. The van der Waals surface area contributed by atoms with Crippen LogP contribution < -0.4 is 15.4 Å². The Kier molecular flexibility index (Phi) is 8.81. The maximum absolute atomic E-state index is 13.4. The second-order valence-corrected chi connectivity index (χ2v) is 9.79. The number of benzene rings is 3. The molecule has 1 saturated heterocycles. The Morgan fingerprint density at radius 2 is 1.77 bits per heavy atom. The van der Waals surface area contributed by atoms with Gasteiger partial charge in [0.05, 0.1) is 13.7 Å². The number of hydrogen-bond donors (Lipinski definition) is 2. The zero-order valence-corrected chi connectivity index (χ0v) is 22.1. The standard InChI is InChI=1S/C30H32FN3O5/c1-19(2)15-16-32-29(36)26-27(39-30(37)34(26)18-20-7-11-23(31)12-8-20)21-9-13-24(14-10-21)33-28(35)22-5-4-6-25(17-22)38-3/h4-14,17,19,26-27H,15-16,18H2,1-3H3,(H,32,36)(H,33,35). The van der Waals surface area contributed by atoms with Crippen molar-refractivity contribution in [2.45, 2.75) is 39.0 Å². The fourth-order valence-electron chi connectivity index (χ4n) is 4.31. The van der Waals surface area contributed by atoms with Crippen LogP contribution in [0, 0.1) is 11.7 Å². The lowest BCUT2D eigenvalue weighted by Crippen LogP contribution is -2.46. The monoisotopic (exact) mass is 533 g/mol. The molecule has 1 fully saturated rings. The van der Waals surface area contributed by atoms with E-state index in [-0.39, 0.29) is 24.2 Å². The molecule has 8 nitrogen and oxygen atoms in total. The van der Waals surface area contributed by atoms with E-state index in [0.29, 0.717) is 40.6 Å². The Morgan fingerprint density at radius 3 is 2.44 bits per heavy atom. The number of hydrogen-bond acceptors (Lipinski definition) is 5. The Morgan fingerprint density at radius 1 is 1.05 bits per heavy atom. The Bertz CT molecular complexity index is 1310. The van der Waals surface area contributed by atoms with Gasteiger partial charge in [0.2, 0.25) is 5.91 Å². The maximum Gasteiger partial charge on any atom is 0.411 e. The Labute approximate surface area is 227 Å². The van der Waals surface area contributed by atoms with Gasteiger partial charge < -0.3 is 20.1 Å². The molecule has 204 valence electrons. The molecule has 9 heteroatoms. The lowest BCUT2D eigenvalue weighted by atomic mass is 10.00. The van der Waals surface area contributed by atoms with Crippen molar-refractivity contribution in [3.63, 3.8) is 0 Å². The summed E-state index contributed by atoms with van der Waals surface area (Å²) in [6, 6.07) is 18.5. The predicted octanol–water partition coefficient (Wildman–Crippen LogP) is 5.31. The second kappa shape index (κ2) is 12.4. The number of nitrogens with zero attached hydrogens (tertiary/aromatic N) is 1. The molecule has 1 aliphatic rings. The van der Waals surface area contributed by atoms with Crippen molar-refractivity contribution in [3.8, 4) is 5.75 Å². The number of amides is 3. The van der Waals surface area contributed by atoms with Gasteiger partial charge in [-0.05, 0) is 65.9 Å². The average Bonchev–Trinajstić information content (AvgIpc) is 3.25. The molecule has 3 amide bonds. The molecule has 39 heavy (non-hydrogen) atoms. The van der Waals surface area contributed by atoms with Crippen LogP contribution in [0.25, 0.3) is 0 Å². The normalized spacial score (nSPS) is 16.6. The lowest BCUT2D eigenvalue weighted by molar-refractivity contribution is -0.126. The third-order valence-corrected chi connectivity index (χ3v) is 6.47. The first-order chi connectivity index (χ1) is 18.7. The lowest BCUT2D eigenvalue weighted by Gasteiger charge is -2.24. The van der Waals surface area contributed by atoms with E-state index in [2.05, 4.69) is 24.5 Å². The number of anilines is 1. The Hall–Kier alpha value is -4.40. The molecule has 1 heterocycles. The number of halogens is 1. The predicted molar refractivity (Wildman–Crippen MR) is 145 cm³/mol. The SMILES string of the molecule is COc1cccc(C(=O)Nc2ccc(C3OC(=O)N(Cc4ccc(F)cc4)C3C(=O)NCCC(C)C)cc2)c1. The highest BCUT2D eigenvalue weighted by Crippen LogP contribution is 2.34. The van der Waals surface area contributed by atoms with Crippen LogP contribution in [0.1, 0.15) is 47.9 Å². The van der Waals surface area contributed by atoms with Gasteiger partial charge in [0.15, 0.2) is 12.1 Å². The summed E-state index contributed by atoms with van der Waals surface area (Å²) in [4.78, 5) is 40.3.